The lowest BCUT2D eigenvalue weighted by atomic mass is 10.1. The molecule has 84 valence electrons. The number of aromatic nitrogens is 1. The number of nitrogens with zero attached hydrogens (tertiary/aromatic N) is 3. The van der Waals surface area contributed by atoms with Gasteiger partial charge in [-0.3, -0.25) is 0 Å². The van der Waals surface area contributed by atoms with Gasteiger partial charge in [-0.15, -0.1) is 0 Å². The highest BCUT2D eigenvalue weighted by Crippen LogP contribution is 2.19. The molecule has 0 aromatic carbocycles. The van der Waals surface area contributed by atoms with Gasteiger partial charge < -0.3 is 4.90 Å². The van der Waals surface area contributed by atoms with Crippen LogP contribution in [0.5, 0.6) is 0 Å². The Bertz CT molecular complexity index is 373. The maximum absolute atomic E-state index is 8.83. The van der Waals surface area contributed by atoms with E-state index in [0.29, 0.717) is 5.69 Å². The van der Waals surface area contributed by atoms with E-state index >= 15 is 0 Å². The molecule has 1 aliphatic heterocycles. The molecule has 0 radical (unpaired) electrons. The van der Waals surface area contributed by atoms with Crippen LogP contribution in [0.4, 0.5) is 5.69 Å². The topological polar surface area (TPSA) is 39.9 Å². The summed E-state index contributed by atoms with van der Waals surface area (Å²) < 4.78 is 0. The standard InChI is InChI=1S/C13H17N3/c14-11-12-10-13(6-7-15-12)16-8-4-2-1-3-5-9-16/h6-7,10H,1-5,8-9H2. The van der Waals surface area contributed by atoms with Crippen LogP contribution in [0.15, 0.2) is 18.3 Å². The molecule has 1 fully saturated rings. The minimum absolute atomic E-state index is 0.513. The minimum atomic E-state index is 0.513. The summed E-state index contributed by atoms with van der Waals surface area (Å²) >= 11 is 0. The molecule has 16 heavy (non-hydrogen) atoms. The molecule has 0 saturated carbocycles. The van der Waals surface area contributed by atoms with Crippen LogP contribution in [-0.4, -0.2) is 18.1 Å². The van der Waals surface area contributed by atoms with Crippen molar-refractivity contribution in [3.8, 4) is 6.07 Å². The Kier molecular flexibility index (Phi) is 3.76. The smallest absolute Gasteiger partial charge is 0.142 e. The molecular formula is C13H17N3. The number of rotatable bonds is 1. The van der Waals surface area contributed by atoms with Gasteiger partial charge in [0.05, 0.1) is 0 Å². The number of pyridine rings is 1. The first kappa shape index (κ1) is 10.9. The van der Waals surface area contributed by atoms with Gasteiger partial charge in [0.25, 0.3) is 0 Å². The van der Waals surface area contributed by atoms with E-state index in [4.69, 9.17) is 5.26 Å². The van der Waals surface area contributed by atoms with Crippen molar-refractivity contribution in [1.29, 1.82) is 5.26 Å². The van der Waals surface area contributed by atoms with Gasteiger partial charge in [-0.2, -0.15) is 5.26 Å². The fourth-order valence-corrected chi connectivity index (χ4v) is 2.18. The second kappa shape index (κ2) is 5.50. The first-order valence-electron chi connectivity index (χ1n) is 6.01. The zero-order chi connectivity index (χ0) is 11.2. The highest BCUT2D eigenvalue weighted by molar-refractivity contribution is 5.48. The van der Waals surface area contributed by atoms with Crippen molar-refractivity contribution in [2.24, 2.45) is 0 Å². The zero-order valence-corrected chi connectivity index (χ0v) is 9.52. The molecule has 1 aliphatic rings. The molecule has 0 aliphatic carbocycles. The van der Waals surface area contributed by atoms with Gasteiger partial charge in [0.15, 0.2) is 0 Å². The van der Waals surface area contributed by atoms with Gasteiger partial charge in [0, 0.05) is 25.0 Å². The summed E-state index contributed by atoms with van der Waals surface area (Å²) in [4.78, 5) is 6.38. The van der Waals surface area contributed by atoms with Gasteiger partial charge in [-0.05, 0) is 25.0 Å². The average Bonchev–Trinajstić information content (AvgIpc) is 2.29. The second-order valence-electron chi connectivity index (χ2n) is 4.27. The number of hydrogen-bond donors (Lipinski definition) is 0. The van der Waals surface area contributed by atoms with Crippen molar-refractivity contribution in [2.45, 2.75) is 32.1 Å². The Hall–Kier alpha value is -1.56. The molecule has 1 saturated heterocycles. The van der Waals surface area contributed by atoms with E-state index in [9.17, 15) is 0 Å². The van der Waals surface area contributed by atoms with Gasteiger partial charge in [0.1, 0.15) is 11.8 Å². The number of nitriles is 1. The van der Waals surface area contributed by atoms with Gasteiger partial charge in [-0.1, -0.05) is 19.3 Å². The molecule has 1 aromatic heterocycles. The third-order valence-corrected chi connectivity index (χ3v) is 3.08. The largest absolute Gasteiger partial charge is 0.371 e. The fraction of sp³-hybridized carbons (Fsp3) is 0.538. The molecular weight excluding hydrogens is 198 g/mol. The fourth-order valence-electron chi connectivity index (χ4n) is 2.18. The van der Waals surface area contributed by atoms with E-state index in [2.05, 4.69) is 16.0 Å². The predicted octanol–water partition coefficient (Wildman–Crippen LogP) is 2.72. The number of anilines is 1. The molecule has 0 spiro atoms. The Morgan fingerprint density at radius 2 is 1.81 bits per heavy atom. The van der Waals surface area contributed by atoms with Crippen LogP contribution in [0.25, 0.3) is 0 Å². The maximum Gasteiger partial charge on any atom is 0.142 e. The Morgan fingerprint density at radius 1 is 1.12 bits per heavy atom. The zero-order valence-electron chi connectivity index (χ0n) is 9.52. The first-order valence-corrected chi connectivity index (χ1v) is 6.01. The van der Waals surface area contributed by atoms with Crippen molar-refractivity contribution in [1.82, 2.24) is 4.98 Å². The van der Waals surface area contributed by atoms with E-state index in [1.807, 2.05) is 12.1 Å². The average molecular weight is 215 g/mol. The van der Waals surface area contributed by atoms with Crippen LogP contribution in [0.3, 0.4) is 0 Å². The quantitative estimate of drug-likeness (QED) is 0.723. The summed E-state index contributed by atoms with van der Waals surface area (Å²) in [5, 5.41) is 8.83. The molecule has 2 rings (SSSR count). The monoisotopic (exact) mass is 215 g/mol. The van der Waals surface area contributed by atoms with Crippen LogP contribution >= 0.6 is 0 Å². The third kappa shape index (κ3) is 2.73. The normalized spacial score (nSPS) is 17.3. The molecule has 3 heteroatoms. The summed E-state index contributed by atoms with van der Waals surface area (Å²) in [6.45, 7) is 2.21. The van der Waals surface area contributed by atoms with Gasteiger partial charge >= 0.3 is 0 Å². The minimum Gasteiger partial charge on any atom is -0.371 e. The predicted molar refractivity (Wildman–Crippen MR) is 64.3 cm³/mol. The summed E-state index contributed by atoms with van der Waals surface area (Å²) in [7, 11) is 0. The third-order valence-electron chi connectivity index (χ3n) is 3.08. The Balaban J connectivity index is 2.11. The highest BCUT2D eigenvalue weighted by atomic mass is 15.1. The molecule has 0 bridgehead atoms. The number of hydrogen-bond acceptors (Lipinski definition) is 3. The molecule has 3 nitrogen and oxygen atoms in total. The second-order valence-corrected chi connectivity index (χ2v) is 4.27. The summed E-state index contributed by atoms with van der Waals surface area (Å²) in [6, 6.07) is 5.99. The molecule has 2 heterocycles. The van der Waals surface area contributed by atoms with Crippen molar-refractivity contribution in [3.05, 3.63) is 24.0 Å². The van der Waals surface area contributed by atoms with E-state index < -0.39 is 0 Å². The summed E-state index contributed by atoms with van der Waals surface area (Å²) in [6.07, 6.45) is 8.26. The lowest BCUT2D eigenvalue weighted by Gasteiger charge is -2.26. The van der Waals surface area contributed by atoms with Gasteiger partial charge in [0.2, 0.25) is 0 Å². The Morgan fingerprint density at radius 3 is 2.50 bits per heavy atom. The molecule has 0 N–H and O–H groups in total. The summed E-state index contributed by atoms with van der Waals surface area (Å²) in [5.41, 5.74) is 1.66. The Labute approximate surface area is 96.7 Å². The maximum atomic E-state index is 8.83. The van der Waals surface area contributed by atoms with Crippen molar-refractivity contribution < 1.29 is 0 Å². The highest BCUT2D eigenvalue weighted by Gasteiger charge is 2.09. The van der Waals surface area contributed by atoms with Crippen molar-refractivity contribution in [3.63, 3.8) is 0 Å². The van der Waals surface area contributed by atoms with Crippen molar-refractivity contribution >= 4 is 5.69 Å². The van der Waals surface area contributed by atoms with Crippen LogP contribution < -0.4 is 4.90 Å². The lowest BCUT2D eigenvalue weighted by Crippen LogP contribution is -2.27. The van der Waals surface area contributed by atoms with Crippen LogP contribution in [0.1, 0.15) is 37.8 Å². The molecule has 0 atom stereocenters. The first-order chi connectivity index (χ1) is 7.90. The van der Waals surface area contributed by atoms with E-state index in [1.54, 1.807) is 6.20 Å². The van der Waals surface area contributed by atoms with E-state index in [0.717, 1.165) is 18.8 Å². The SMILES string of the molecule is N#Cc1cc(N2CCCCCCC2)ccn1. The van der Waals surface area contributed by atoms with E-state index in [1.165, 1.54) is 32.1 Å². The van der Waals surface area contributed by atoms with Crippen LogP contribution in [-0.2, 0) is 0 Å². The molecule has 1 aromatic rings. The summed E-state index contributed by atoms with van der Waals surface area (Å²) in [5.74, 6) is 0. The molecule has 0 amide bonds. The van der Waals surface area contributed by atoms with E-state index in [-0.39, 0.29) is 0 Å². The van der Waals surface area contributed by atoms with Crippen LogP contribution in [0.2, 0.25) is 0 Å². The van der Waals surface area contributed by atoms with Crippen molar-refractivity contribution in [2.75, 3.05) is 18.0 Å². The molecule has 0 unspecified atom stereocenters. The van der Waals surface area contributed by atoms with Gasteiger partial charge in [-0.25, -0.2) is 4.98 Å². The lowest BCUT2D eigenvalue weighted by molar-refractivity contribution is 0.556. The van der Waals surface area contributed by atoms with Crippen LogP contribution in [0, 0.1) is 11.3 Å².